The van der Waals surface area contributed by atoms with Gasteiger partial charge >= 0.3 is 41.5 Å². The molecule has 8 nitrogen and oxygen atoms in total. The van der Waals surface area contributed by atoms with Crippen molar-refractivity contribution in [2.45, 2.75) is 12.2 Å². The topological polar surface area (TPSA) is 134 Å². The zero-order chi connectivity index (χ0) is 9.72. The van der Waals surface area contributed by atoms with Gasteiger partial charge in [0.25, 0.3) is 0 Å². The molecule has 4 N–H and O–H groups in total. The van der Waals surface area contributed by atoms with Gasteiger partial charge in [0.05, 0.1) is 0 Å². The second-order valence-corrected chi connectivity index (χ2v) is 1.71. The molecule has 0 aliphatic heterocycles. The molecule has 2 atom stereocenters. The van der Waals surface area contributed by atoms with Crippen LogP contribution in [-0.4, -0.2) is 74.4 Å². The molecule has 0 aromatic rings. The summed E-state index contributed by atoms with van der Waals surface area (Å²) in [5, 5.41) is 32.5. The van der Waals surface area contributed by atoms with Gasteiger partial charge in [0.2, 0.25) is 0 Å². The molecular weight excluding hydrogens is 199 g/mol. The Morgan fingerprint density at radius 2 is 1.15 bits per heavy atom. The summed E-state index contributed by atoms with van der Waals surface area (Å²) in [4.78, 5) is 26.4. The van der Waals surface area contributed by atoms with E-state index in [0.717, 1.165) is 0 Å². The van der Waals surface area contributed by atoms with E-state index in [1.807, 2.05) is 0 Å². The van der Waals surface area contributed by atoms with E-state index in [9.17, 15) is 9.59 Å². The summed E-state index contributed by atoms with van der Waals surface area (Å²) in [6.45, 7) is 0. The SMILES string of the molecule is O=C(OO)C(O)C(O)C(=O)OO.[NaH]. The quantitative estimate of drug-likeness (QED) is 0.219. The van der Waals surface area contributed by atoms with Gasteiger partial charge in [-0.1, -0.05) is 0 Å². The van der Waals surface area contributed by atoms with Gasteiger partial charge < -0.3 is 10.2 Å². The molecule has 2 unspecified atom stereocenters. The normalized spacial score (nSPS) is 13.5. The Labute approximate surface area is 93.8 Å². The summed E-state index contributed by atoms with van der Waals surface area (Å²) in [6.07, 6.45) is -4.62. The molecule has 0 aliphatic carbocycles. The van der Waals surface area contributed by atoms with Gasteiger partial charge in [-0.25, -0.2) is 9.59 Å². The van der Waals surface area contributed by atoms with Crippen molar-refractivity contribution in [3.63, 3.8) is 0 Å². The molecule has 0 saturated carbocycles. The number of rotatable bonds is 3. The molecular formula is C4H7NaO8. The molecule has 0 bridgehead atoms. The first-order valence-corrected chi connectivity index (χ1v) is 2.61. The summed E-state index contributed by atoms with van der Waals surface area (Å²) in [5.41, 5.74) is 0. The van der Waals surface area contributed by atoms with Gasteiger partial charge in [-0.2, -0.15) is 10.5 Å². The van der Waals surface area contributed by atoms with Crippen LogP contribution in [0.5, 0.6) is 0 Å². The number of hydrogen-bond acceptors (Lipinski definition) is 8. The van der Waals surface area contributed by atoms with Crippen LogP contribution in [0, 0.1) is 0 Å². The van der Waals surface area contributed by atoms with Crippen molar-refractivity contribution in [1.29, 1.82) is 0 Å². The van der Waals surface area contributed by atoms with Crippen LogP contribution in [0.2, 0.25) is 0 Å². The van der Waals surface area contributed by atoms with Crippen molar-refractivity contribution in [1.82, 2.24) is 0 Å². The summed E-state index contributed by atoms with van der Waals surface area (Å²) in [5.74, 6) is -3.29. The number of carbonyl (C=O) groups is 2. The van der Waals surface area contributed by atoms with Crippen LogP contribution in [0.15, 0.2) is 0 Å². The van der Waals surface area contributed by atoms with Crippen molar-refractivity contribution in [3.8, 4) is 0 Å². The molecule has 13 heavy (non-hydrogen) atoms. The van der Waals surface area contributed by atoms with Gasteiger partial charge in [0, 0.05) is 0 Å². The number of aliphatic hydroxyl groups excluding tert-OH is 2. The van der Waals surface area contributed by atoms with E-state index in [4.69, 9.17) is 20.7 Å². The van der Waals surface area contributed by atoms with E-state index in [-0.39, 0.29) is 29.6 Å². The third-order valence-electron chi connectivity index (χ3n) is 0.962. The Balaban J connectivity index is 0. The van der Waals surface area contributed by atoms with Crippen LogP contribution < -0.4 is 0 Å². The minimum atomic E-state index is -2.31. The molecule has 72 valence electrons. The maximum atomic E-state index is 10.2. The summed E-state index contributed by atoms with van der Waals surface area (Å²) < 4.78 is 0. The van der Waals surface area contributed by atoms with Crippen LogP contribution >= 0.6 is 0 Å². The molecule has 0 heterocycles. The first-order valence-electron chi connectivity index (χ1n) is 2.61. The molecule has 0 amide bonds. The van der Waals surface area contributed by atoms with E-state index >= 15 is 0 Å². The van der Waals surface area contributed by atoms with Crippen molar-refractivity contribution >= 4 is 41.5 Å². The Bertz CT molecular complexity index is 161. The number of aliphatic hydroxyl groups is 2. The van der Waals surface area contributed by atoms with Crippen LogP contribution in [0.1, 0.15) is 0 Å². The summed E-state index contributed by atoms with van der Waals surface area (Å²) in [7, 11) is 0. The Hall–Kier alpha value is -0.220. The fourth-order valence-corrected chi connectivity index (χ4v) is 0.366. The predicted octanol–water partition coefficient (Wildman–Crippen LogP) is -2.91. The minimum absolute atomic E-state index is 0. The molecule has 0 fully saturated rings. The van der Waals surface area contributed by atoms with E-state index < -0.39 is 24.1 Å². The van der Waals surface area contributed by atoms with Crippen molar-refractivity contribution in [3.05, 3.63) is 0 Å². The summed E-state index contributed by atoms with van der Waals surface area (Å²) >= 11 is 0. The van der Waals surface area contributed by atoms with Crippen LogP contribution in [0.25, 0.3) is 0 Å². The molecule has 0 aromatic heterocycles. The number of hydrogen-bond donors (Lipinski definition) is 4. The Morgan fingerprint density at radius 3 is 1.31 bits per heavy atom. The maximum absolute atomic E-state index is 10.2. The molecule has 0 aliphatic rings. The zero-order valence-corrected chi connectivity index (χ0v) is 5.58. The van der Waals surface area contributed by atoms with E-state index in [1.165, 1.54) is 0 Å². The third-order valence-corrected chi connectivity index (χ3v) is 0.962. The Kier molecular flexibility index (Phi) is 8.46. The summed E-state index contributed by atoms with van der Waals surface area (Å²) in [6, 6.07) is 0. The average Bonchev–Trinajstić information content (AvgIpc) is 2.12. The fraction of sp³-hybridized carbons (Fsp3) is 0.500. The standard InChI is InChI=1S/C4H6O8.Na.H/c5-1(3(7)11-9)2(6)4(8)12-10;;/h1-2,5-6,9-10H;;. The predicted molar refractivity (Wildman–Crippen MR) is 36.6 cm³/mol. The van der Waals surface area contributed by atoms with Gasteiger partial charge in [-0.3, -0.25) is 9.78 Å². The Morgan fingerprint density at radius 1 is 0.923 bits per heavy atom. The second kappa shape index (κ2) is 7.21. The molecule has 9 heteroatoms. The van der Waals surface area contributed by atoms with Crippen molar-refractivity contribution in [2.24, 2.45) is 0 Å². The molecule has 0 radical (unpaired) electrons. The van der Waals surface area contributed by atoms with Gasteiger partial charge in [0.1, 0.15) is 0 Å². The molecule has 0 saturated heterocycles. The van der Waals surface area contributed by atoms with Crippen LogP contribution in [-0.2, 0) is 19.4 Å². The van der Waals surface area contributed by atoms with Gasteiger partial charge in [0.15, 0.2) is 12.2 Å². The number of carbonyl (C=O) groups excluding carboxylic acids is 2. The first-order chi connectivity index (χ1) is 5.54. The van der Waals surface area contributed by atoms with Gasteiger partial charge in [-0.15, -0.1) is 0 Å². The van der Waals surface area contributed by atoms with E-state index in [2.05, 4.69) is 9.78 Å². The molecule has 0 spiro atoms. The third kappa shape index (κ3) is 4.52. The molecule has 0 rings (SSSR count). The van der Waals surface area contributed by atoms with Gasteiger partial charge in [-0.05, 0) is 0 Å². The fourth-order valence-electron chi connectivity index (χ4n) is 0.366. The average molecular weight is 206 g/mol. The molecule has 0 aromatic carbocycles. The van der Waals surface area contributed by atoms with Crippen LogP contribution in [0.3, 0.4) is 0 Å². The zero-order valence-electron chi connectivity index (χ0n) is 5.58. The van der Waals surface area contributed by atoms with E-state index in [0.29, 0.717) is 0 Å². The van der Waals surface area contributed by atoms with Crippen LogP contribution in [0.4, 0.5) is 0 Å². The van der Waals surface area contributed by atoms with Crippen molar-refractivity contribution in [2.75, 3.05) is 0 Å². The second-order valence-electron chi connectivity index (χ2n) is 1.71. The monoisotopic (exact) mass is 206 g/mol. The van der Waals surface area contributed by atoms with Crippen molar-refractivity contribution < 1.29 is 40.1 Å². The first kappa shape index (κ1) is 15.3. The van der Waals surface area contributed by atoms with E-state index in [1.54, 1.807) is 0 Å².